The quantitative estimate of drug-likeness (QED) is 0.676. The standard InChI is InChI=1S/C15H16N4O7S/c1-9-16-19(15(22)18(9)2)14(21)17-27(23,24)12-6-4-3-5-11(12)13(20)26-10-7-25-8-10/h3-6,10H,7-8H2,1-2H3,(H,17,21). The lowest BCUT2D eigenvalue weighted by molar-refractivity contribution is -0.103. The minimum atomic E-state index is -4.47. The Morgan fingerprint density at radius 3 is 2.52 bits per heavy atom. The van der Waals surface area contributed by atoms with Crippen molar-refractivity contribution in [2.75, 3.05) is 13.2 Å². The van der Waals surface area contributed by atoms with Gasteiger partial charge in [-0.3, -0.25) is 4.57 Å². The van der Waals surface area contributed by atoms with Crippen molar-refractivity contribution < 1.29 is 27.5 Å². The predicted molar refractivity (Wildman–Crippen MR) is 89.8 cm³/mol. The fourth-order valence-corrected chi connectivity index (χ4v) is 3.37. The van der Waals surface area contributed by atoms with Crippen molar-refractivity contribution in [2.45, 2.75) is 17.9 Å². The number of amides is 1. The Balaban J connectivity index is 1.88. The van der Waals surface area contributed by atoms with Gasteiger partial charge in [0.1, 0.15) is 16.8 Å². The summed E-state index contributed by atoms with van der Waals surface area (Å²) in [6.07, 6.45) is -0.446. The SMILES string of the molecule is Cc1nn(C(=O)NS(=O)(=O)c2ccccc2C(=O)OC2COC2)c(=O)n1C. The van der Waals surface area contributed by atoms with Crippen LogP contribution in [0.15, 0.2) is 34.0 Å². The second-order valence-electron chi connectivity index (χ2n) is 5.77. The van der Waals surface area contributed by atoms with Crippen LogP contribution in [-0.4, -0.2) is 54.1 Å². The molecule has 0 unspecified atom stereocenters. The van der Waals surface area contributed by atoms with E-state index in [-0.39, 0.29) is 24.6 Å². The van der Waals surface area contributed by atoms with Crippen molar-refractivity contribution in [3.8, 4) is 0 Å². The van der Waals surface area contributed by atoms with Gasteiger partial charge < -0.3 is 9.47 Å². The summed E-state index contributed by atoms with van der Waals surface area (Å²) in [5, 5.41) is 3.69. The number of nitrogens with one attached hydrogen (secondary N) is 1. The molecule has 0 saturated carbocycles. The topological polar surface area (TPSA) is 139 Å². The zero-order chi connectivity index (χ0) is 19.8. The van der Waals surface area contributed by atoms with Crippen molar-refractivity contribution in [2.24, 2.45) is 7.05 Å². The molecule has 1 aromatic carbocycles. The van der Waals surface area contributed by atoms with Crippen molar-refractivity contribution in [3.63, 3.8) is 0 Å². The maximum Gasteiger partial charge on any atom is 0.360 e. The first kappa shape index (κ1) is 18.8. The Morgan fingerprint density at radius 2 is 1.96 bits per heavy atom. The summed E-state index contributed by atoms with van der Waals surface area (Å²) in [5.41, 5.74) is -1.05. The van der Waals surface area contributed by atoms with E-state index in [1.165, 1.54) is 32.2 Å². The predicted octanol–water partition coefficient (Wildman–Crippen LogP) is -0.608. The van der Waals surface area contributed by atoms with Gasteiger partial charge in [0, 0.05) is 7.05 Å². The minimum Gasteiger partial charge on any atom is -0.454 e. The second kappa shape index (κ2) is 6.96. The minimum absolute atomic E-state index is 0.222. The lowest BCUT2D eigenvalue weighted by Crippen LogP contribution is -2.41. The molecule has 0 atom stereocenters. The normalized spacial score (nSPS) is 14.4. The van der Waals surface area contributed by atoms with Crippen LogP contribution in [0, 0.1) is 6.92 Å². The molecular weight excluding hydrogens is 380 g/mol. The number of benzene rings is 1. The van der Waals surface area contributed by atoms with Gasteiger partial charge in [0.2, 0.25) is 0 Å². The number of ether oxygens (including phenoxy) is 2. The van der Waals surface area contributed by atoms with Crippen molar-refractivity contribution >= 4 is 22.0 Å². The summed E-state index contributed by atoms with van der Waals surface area (Å²) in [6, 6.07) is 3.99. The third kappa shape index (κ3) is 3.61. The smallest absolute Gasteiger partial charge is 0.360 e. The first-order valence-electron chi connectivity index (χ1n) is 7.78. The number of rotatable bonds is 4. The number of aryl methyl sites for hydroxylation is 1. The average molecular weight is 396 g/mol. The van der Waals surface area contributed by atoms with Gasteiger partial charge in [0.25, 0.3) is 10.0 Å². The molecule has 0 aliphatic carbocycles. The van der Waals surface area contributed by atoms with Gasteiger partial charge in [-0.15, -0.1) is 9.78 Å². The van der Waals surface area contributed by atoms with E-state index in [9.17, 15) is 22.8 Å². The van der Waals surface area contributed by atoms with Crippen LogP contribution < -0.4 is 10.4 Å². The van der Waals surface area contributed by atoms with Gasteiger partial charge in [-0.2, -0.15) is 0 Å². The Labute approximate surface area is 153 Å². The Kier molecular flexibility index (Phi) is 4.85. The summed E-state index contributed by atoms with van der Waals surface area (Å²) in [4.78, 5) is 35.9. The number of carbonyl (C=O) groups excluding carboxylic acids is 2. The number of carbonyl (C=O) groups is 2. The number of esters is 1. The molecule has 1 aromatic heterocycles. The van der Waals surface area contributed by atoms with Gasteiger partial charge in [-0.05, 0) is 19.1 Å². The summed E-state index contributed by atoms with van der Waals surface area (Å²) in [5.74, 6) is -0.637. The lowest BCUT2D eigenvalue weighted by Gasteiger charge is -2.25. The third-order valence-electron chi connectivity index (χ3n) is 3.89. The molecule has 2 aromatic rings. The highest BCUT2D eigenvalue weighted by Crippen LogP contribution is 2.18. The molecular formula is C15H16N4O7S. The van der Waals surface area contributed by atoms with Crippen LogP contribution in [0.5, 0.6) is 0 Å². The Hall–Kier alpha value is -2.99. The van der Waals surface area contributed by atoms with E-state index in [1.54, 1.807) is 4.72 Å². The van der Waals surface area contributed by atoms with E-state index in [0.29, 0.717) is 4.68 Å². The van der Waals surface area contributed by atoms with Crippen molar-refractivity contribution in [3.05, 3.63) is 46.1 Å². The van der Waals surface area contributed by atoms with E-state index in [0.717, 1.165) is 10.6 Å². The maximum absolute atomic E-state index is 12.6. The van der Waals surface area contributed by atoms with Gasteiger partial charge in [0.15, 0.2) is 0 Å². The number of hydrogen-bond donors (Lipinski definition) is 1. The molecule has 12 heteroatoms. The van der Waals surface area contributed by atoms with Gasteiger partial charge >= 0.3 is 17.7 Å². The molecule has 3 rings (SSSR count). The van der Waals surface area contributed by atoms with Crippen LogP contribution >= 0.6 is 0 Å². The molecule has 0 spiro atoms. The fourth-order valence-electron chi connectivity index (χ4n) is 2.25. The van der Waals surface area contributed by atoms with Crippen LogP contribution in [0.3, 0.4) is 0 Å². The van der Waals surface area contributed by atoms with Crippen LogP contribution in [0.1, 0.15) is 16.2 Å². The Morgan fingerprint density at radius 1 is 1.30 bits per heavy atom. The fraction of sp³-hybridized carbons (Fsp3) is 0.333. The van der Waals surface area contributed by atoms with Gasteiger partial charge in [-0.1, -0.05) is 12.1 Å². The van der Waals surface area contributed by atoms with Crippen LogP contribution in [0.4, 0.5) is 4.79 Å². The van der Waals surface area contributed by atoms with Crippen LogP contribution in [0.2, 0.25) is 0 Å². The average Bonchev–Trinajstić information content (AvgIpc) is 2.85. The maximum atomic E-state index is 12.6. The number of hydrogen-bond acceptors (Lipinski definition) is 8. The first-order valence-corrected chi connectivity index (χ1v) is 9.26. The molecule has 1 fully saturated rings. The first-order chi connectivity index (χ1) is 12.7. The molecule has 11 nitrogen and oxygen atoms in total. The van der Waals surface area contributed by atoms with E-state index < -0.39 is 38.7 Å². The zero-order valence-electron chi connectivity index (χ0n) is 14.4. The molecule has 1 amide bonds. The van der Waals surface area contributed by atoms with Gasteiger partial charge in [0.05, 0.1) is 18.8 Å². The van der Waals surface area contributed by atoms with E-state index in [1.807, 2.05) is 0 Å². The molecule has 27 heavy (non-hydrogen) atoms. The molecule has 0 bridgehead atoms. The summed E-state index contributed by atoms with van der Waals surface area (Å²) >= 11 is 0. The molecule has 0 radical (unpaired) electrons. The highest BCUT2D eigenvalue weighted by atomic mass is 32.2. The molecule has 1 aliphatic rings. The summed E-state index contributed by atoms with van der Waals surface area (Å²) < 4.78 is 38.4. The third-order valence-corrected chi connectivity index (χ3v) is 5.27. The number of sulfonamides is 1. The van der Waals surface area contributed by atoms with E-state index in [2.05, 4.69) is 5.10 Å². The van der Waals surface area contributed by atoms with E-state index >= 15 is 0 Å². The van der Waals surface area contributed by atoms with Gasteiger partial charge in [-0.25, -0.2) is 27.5 Å². The number of nitrogens with zero attached hydrogens (tertiary/aromatic N) is 3. The van der Waals surface area contributed by atoms with Crippen LogP contribution in [-0.2, 0) is 26.5 Å². The highest BCUT2D eigenvalue weighted by molar-refractivity contribution is 7.90. The van der Waals surface area contributed by atoms with Crippen molar-refractivity contribution in [1.29, 1.82) is 0 Å². The summed E-state index contributed by atoms with van der Waals surface area (Å²) in [7, 11) is -3.08. The molecule has 144 valence electrons. The molecule has 1 N–H and O–H groups in total. The molecule has 2 heterocycles. The zero-order valence-corrected chi connectivity index (χ0v) is 15.2. The van der Waals surface area contributed by atoms with Crippen molar-refractivity contribution in [1.82, 2.24) is 19.1 Å². The molecule has 1 aliphatic heterocycles. The largest absolute Gasteiger partial charge is 0.454 e. The molecule has 1 saturated heterocycles. The highest BCUT2D eigenvalue weighted by Gasteiger charge is 2.29. The second-order valence-corrected chi connectivity index (χ2v) is 7.42. The Bertz CT molecular complexity index is 1070. The lowest BCUT2D eigenvalue weighted by atomic mass is 10.2. The summed E-state index contributed by atoms with van der Waals surface area (Å²) in [6.45, 7) is 1.95. The monoisotopic (exact) mass is 396 g/mol. The van der Waals surface area contributed by atoms with Crippen LogP contribution in [0.25, 0.3) is 0 Å². The number of aromatic nitrogens is 3. The van der Waals surface area contributed by atoms with E-state index in [4.69, 9.17) is 9.47 Å².